The van der Waals surface area contributed by atoms with Crippen molar-refractivity contribution >= 4 is 0 Å². The fraction of sp³-hybridized carbons (Fsp3) is 0.455. The lowest BCUT2D eigenvalue weighted by atomic mass is 9.87. The van der Waals surface area contributed by atoms with Crippen molar-refractivity contribution in [3.8, 4) is 11.5 Å². The van der Waals surface area contributed by atoms with E-state index in [-0.39, 0.29) is 6.04 Å². The molecule has 5 rings (SSSR count). The van der Waals surface area contributed by atoms with Gasteiger partial charge in [0.1, 0.15) is 13.2 Å². The molecular formula is C22H23F2NO3. The molecule has 2 aromatic rings. The van der Waals surface area contributed by atoms with E-state index in [1.807, 2.05) is 12.1 Å². The van der Waals surface area contributed by atoms with Crippen molar-refractivity contribution in [1.82, 2.24) is 4.90 Å². The number of aliphatic hydroxyl groups is 1. The third-order valence-electron chi connectivity index (χ3n) is 6.33. The quantitative estimate of drug-likeness (QED) is 0.856. The average molecular weight is 387 g/mol. The van der Waals surface area contributed by atoms with E-state index in [1.165, 1.54) is 11.6 Å². The first-order chi connectivity index (χ1) is 13.6. The number of ether oxygens (including phenoxy) is 2. The van der Waals surface area contributed by atoms with Crippen molar-refractivity contribution in [2.75, 3.05) is 26.3 Å². The number of hydrogen-bond donors (Lipinski definition) is 1. The highest BCUT2D eigenvalue weighted by Crippen LogP contribution is 2.43. The van der Waals surface area contributed by atoms with Crippen LogP contribution in [0.3, 0.4) is 0 Å². The van der Waals surface area contributed by atoms with Crippen molar-refractivity contribution in [2.24, 2.45) is 0 Å². The smallest absolute Gasteiger partial charge is 0.164 e. The number of benzene rings is 2. The van der Waals surface area contributed by atoms with Crippen LogP contribution in [0.25, 0.3) is 0 Å². The van der Waals surface area contributed by atoms with Crippen LogP contribution in [0.2, 0.25) is 0 Å². The van der Waals surface area contributed by atoms with E-state index in [4.69, 9.17) is 9.47 Å². The molecule has 0 bridgehead atoms. The largest absolute Gasteiger partial charge is 0.486 e. The predicted octanol–water partition coefficient (Wildman–Crippen LogP) is 3.57. The summed E-state index contributed by atoms with van der Waals surface area (Å²) in [4.78, 5) is 2.25. The van der Waals surface area contributed by atoms with Crippen molar-refractivity contribution in [2.45, 2.75) is 37.3 Å². The number of likely N-dealkylation sites (tertiary alicyclic amines) is 1. The molecule has 0 spiro atoms. The molecule has 2 aromatic carbocycles. The number of rotatable bonds is 2. The number of fused-ring (bicyclic) bond motifs is 2. The zero-order valence-corrected chi connectivity index (χ0v) is 15.5. The normalized spacial score (nSPS) is 25.0. The minimum absolute atomic E-state index is 0.124. The number of aliphatic hydroxyl groups excluding tert-OH is 1. The highest BCUT2D eigenvalue weighted by atomic mass is 19.2. The fourth-order valence-corrected chi connectivity index (χ4v) is 4.89. The first kappa shape index (κ1) is 17.9. The maximum Gasteiger partial charge on any atom is 0.164 e. The molecule has 2 heterocycles. The van der Waals surface area contributed by atoms with Gasteiger partial charge in [0.25, 0.3) is 0 Å². The van der Waals surface area contributed by atoms with Crippen LogP contribution >= 0.6 is 0 Å². The van der Waals surface area contributed by atoms with Gasteiger partial charge in [0.2, 0.25) is 0 Å². The van der Waals surface area contributed by atoms with Crippen molar-refractivity contribution in [1.29, 1.82) is 0 Å². The van der Waals surface area contributed by atoms with Gasteiger partial charge in [-0.1, -0.05) is 12.1 Å². The third kappa shape index (κ3) is 2.95. The van der Waals surface area contributed by atoms with Gasteiger partial charge in [-0.2, -0.15) is 0 Å². The average Bonchev–Trinajstić information content (AvgIpc) is 3.04. The highest BCUT2D eigenvalue weighted by molar-refractivity contribution is 5.49. The summed E-state index contributed by atoms with van der Waals surface area (Å²) in [5.74, 6) is 0.321. The molecular weight excluding hydrogens is 364 g/mol. The van der Waals surface area contributed by atoms with E-state index in [1.54, 1.807) is 0 Å². The maximum atomic E-state index is 13.6. The molecule has 0 unspecified atom stereocenters. The maximum absolute atomic E-state index is 13.6. The second-order valence-electron chi connectivity index (χ2n) is 7.86. The Morgan fingerprint density at radius 2 is 1.71 bits per heavy atom. The molecule has 2 aliphatic heterocycles. The van der Waals surface area contributed by atoms with Gasteiger partial charge in [-0.05, 0) is 67.6 Å². The van der Waals surface area contributed by atoms with Crippen LogP contribution in [0, 0.1) is 11.6 Å². The van der Waals surface area contributed by atoms with Crippen LogP contribution < -0.4 is 9.47 Å². The Hall–Kier alpha value is -2.18. The zero-order chi connectivity index (χ0) is 19.3. The minimum Gasteiger partial charge on any atom is -0.486 e. The topological polar surface area (TPSA) is 41.9 Å². The molecule has 2 atom stereocenters. The molecule has 6 heteroatoms. The van der Waals surface area contributed by atoms with E-state index in [0.29, 0.717) is 36.7 Å². The molecule has 3 aliphatic rings. The SMILES string of the molecule is O[C@@H]1c2cc(F)c(F)cc2C[C@H]1N1CCC(c2cccc3c2OCCO3)CC1. The molecule has 4 nitrogen and oxygen atoms in total. The molecule has 1 aliphatic carbocycles. The van der Waals surface area contributed by atoms with Gasteiger partial charge in [-0.25, -0.2) is 8.78 Å². The summed E-state index contributed by atoms with van der Waals surface area (Å²) in [5, 5.41) is 10.7. The summed E-state index contributed by atoms with van der Waals surface area (Å²) in [6, 6.07) is 8.32. The number of hydrogen-bond acceptors (Lipinski definition) is 4. The van der Waals surface area contributed by atoms with E-state index in [0.717, 1.165) is 43.5 Å². The Balaban J connectivity index is 1.30. The second kappa shape index (κ2) is 7.01. The predicted molar refractivity (Wildman–Crippen MR) is 99.8 cm³/mol. The van der Waals surface area contributed by atoms with Gasteiger partial charge in [0, 0.05) is 11.6 Å². The van der Waals surface area contributed by atoms with E-state index < -0.39 is 17.7 Å². The van der Waals surface area contributed by atoms with Gasteiger partial charge in [-0.15, -0.1) is 0 Å². The number of para-hydroxylation sites is 1. The summed E-state index contributed by atoms with van der Waals surface area (Å²) in [6.45, 7) is 2.81. The number of piperidine rings is 1. The van der Waals surface area contributed by atoms with Crippen LogP contribution in [-0.2, 0) is 6.42 Å². The number of halogens is 2. The van der Waals surface area contributed by atoms with Gasteiger partial charge < -0.3 is 14.6 Å². The van der Waals surface area contributed by atoms with Crippen LogP contribution in [0.5, 0.6) is 11.5 Å². The molecule has 0 amide bonds. The summed E-state index contributed by atoms with van der Waals surface area (Å²) in [5.41, 5.74) is 2.42. The Labute approximate surface area is 162 Å². The van der Waals surface area contributed by atoms with Crippen LogP contribution in [0.4, 0.5) is 8.78 Å². The fourth-order valence-electron chi connectivity index (χ4n) is 4.89. The Morgan fingerprint density at radius 3 is 2.54 bits per heavy atom. The summed E-state index contributed by atoms with van der Waals surface area (Å²) in [7, 11) is 0. The molecule has 148 valence electrons. The van der Waals surface area contributed by atoms with Gasteiger partial charge in [-0.3, -0.25) is 4.90 Å². The minimum atomic E-state index is -0.895. The summed E-state index contributed by atoms with van der Waals surface area (Å²) in [6.07, 6.45) is 1.67. The monoisotopic (exact) mass is 387 g/mol. The Morgan fingerprint density at radius 1 is 0.964 bits per heavy atom. The van der Waals surface area contributed by atoms with Gasteiger partial charge >= 0.3 is 0 Å². The Bertz CT molecular complexity index is 896. The van der Waals surface area contributed by atoms with Crippen molar-refractivity contribution in [3.05, 3.63) is 58.7 Å². The summed E-state index contributed by atoms with van der Waals surface area (Å²) >= 11 is 0. The lowest BCUT2D eigenvalue weighted by Crippen LogP contribution is -2.43. The molecule has 1 saturated heterocycles. The molecule has 0 radical (unpaired) electrons. The standard InChI is InChI=1S/C22H23F2NO3/c23-17-10-14-11-19(21(26)16(14)12-18(17)24)25-6-4-13(5-7-25)15-2-1-3-20-22(15)28-9-8-27-20/h1-3,10,12-13,19,21,26H,4-9,11H2/t19-,21-/m1/s1. The first-order valence-corrected chi connectivity index (χ1v) is 9.90. The van der Waals surface area contributed by atoms with Crippen LogP contribution in [0.1, 0.15) is 41.6 Å². The van der Waals surface area contributed by atoms with Crippen LogP contribution in [-0.4, -0.2) is 42.4 Å². The molecule has 28 heavy (non-hydrogen) atoms. The molecule has 1 fully saturated rings. The van der Waals surface area contributed by atoms with E-state index >= 15 is 0 Å². The molecule has 1 N–H and O–H groups in total. The van der Waals surface area contributed by atoms with Crippen molar-refractivity contribution in [3.63, 3.8) is 0 Å². The summed E-state index contributed by atoms with van der Waals surface area (Å²) < 4.78 is 38.7. The van der Waals surface area contributed by atoms with Crippen LogP contribution in [0.15, 0.2) is 30.3 Å². The third-order valence-corrected chi connectivity index (χ3v) is 6.33. The second-order valence-corrected chi connectivity index (χ2v) is 7.86. The van der Waals surface area contributed by atoms with E-state index in [9.17, 15) is 13.9 Å². The van der Waals surface area contributed by atoms with E-state index in [2.05, 4.69) is 11.0 Å². The van der Waals surface area contributed by atoms with Gasteiger partial charge in [0.15, 0.2) is 23.1 Å². The highest BCUT2D eigenvalue weighted by Gasteiger charge is 2.38. The first-order valence-electron chi connectivity index (χ1n) is 9.90. The zero-order valence-electron chi connectivity index (χ0n) is 15.5. The lowest BCUT2D eigenvalue weighted by molar-refractivity contribution is 0.0453. The van der Waals surface area contributed by atoms with Gasteiger partial charge in [0.05, 0.1) is 6.10 Å². The Kier molecular flexibility index (Phi) is 4.48. The number of nitrogens with zero attached hydrogens (tertiary/aromatic N) is 1. The molecule has 0 saturated carbocycles. The van der Waals surface area contributed by atoms with Crippen molar-refractivity contribution < 1.29 is 23.4 Å². The lowest BCUT2D eigenvalue weighted by Gasteiger charge is -2.38. The molecule has 0 aromatic heterocycles.